The maximum atomic E-state index is 14.1. The van der Waals surface area contributed by atoms with Gasteiger partial charge >= 0.3 is 0 Å². The molecule has 214 valence electrons. The van der Waals surface area contributed by atoms with Gasteiger partial charge in [0.05, 0.1) is 17.7 Å². The van der Waals surface area contributed by atoms with Crippen LogP contribution in [0.5, 0.6) is 5.75 Å². The molecular weight excluding hydrogens is 526 g/mol. The Balaban J connectivity index is 2.06. The van der Waals surface area contributed by atoms with Crippen molar-refractivity contribution in [2.75, 3.05) is 24.5 Å². The minimum atomic E-state index is -4.13. The van der Waals surface area contributed by atoms with Gasteiger partial charge in [0.15, 0.2) is 0 Å². The van der Waals surface area contributed by atoms with Crippen LogP contribution in [0.3, 0.4) is 0 Å². The Labute approximate surface area is 238 Å². The van der Waals surface area contributed by atoms with E-state index in [1.165, 1.54) is 24.1 Å². The Hall–Kier alpha value is -3.85. The summed E-state index contributed by atoms with van der Waals surface area (Å²) in [5, 5.41) is 2.94. The average molecular weight is 566 g/mol. The first-order valence-electron chi connectivity index (χ1n) is 13.4. The monoisotopic (exact) mass is 565 g/mol. The SMILES string of the molecule is CCC(C(=O)NCC(C)C)N(Cc1ccccc1C)C(=O)CN(c1cccc(OC)c1)S(=O)(=O)c1ccccc1. The first-order chi connectivity index (χ1) is 19.1. The maximum absolute atomic E-state index is 14.1. The summed E-state index contributed by atoms with van der Waals surface area (Å²) in [6.45, 7) is 7.93. The van der Waals surface area contributed by atoms with E-state index in [0.29, 0.717) is 18.7 Å². The second-order valence-corrected chi connectivity index (χ2v) is 11.9. The van der Waals surface area contributed by atoms with Crippen LogP contribution in [0.2, 0.25) is 0 Å². The zero-order chi connectivity index (χ0) is 29.3. The van der Waals surface area contributed by atoms with Gasteiger partial charge in [-0.3, -0.25) is 13.9 Å². The van der Waals surface area contributed by atoms with Gasteiger partial charge in [0.25, 0.3) is 10.0 Å². The highest BCUT2D eigenvalue weighted by Gasteiger charge is 2.34. The van der Waals surface area contributed by atoms with E-state index < -0.39 is 28.5 Å². The summed E-state index contributed by atoms with van der Waals surface area (Å²) >= 11 is 0. The molecule has 0 saturated carbocycles. The van der Waals surface area contributed by atoms with Crippen LogP contribution >= 0.6 is 0 Å². The number of ether oxygens (including phenoxy) is 1. The number of nitrogens with zero attached hydrogens (tertiary/aromatic N) is 2. The van der Waals surface area contributed by atoms with E-state index in [0.717, 1.165) is 15.4 Å². The molecule has 0 spiro atoms. The number of hydrogen-bond donors (Lipinski definition) is 1. The number of anilines is 1. The first kappa shape index (κ1) is 30.7. The van der Waals surface area contributed by atoms with Crippen LogP contribution in [0.4, 0.5) is 5.69 Å². The number of aryl methyl sites for hydroxylation is 1. The number of methoxy groups -OCH3 is 1. The van der Waals surface area contributed by atoms with Crippen molar-refractivity contribution in [2.45, 2.75) is 51.6 Å². The lowest BCUT2D eigenvalue weighted by Crippen LogP contribution is -2.52. The lowest BCUT2D eigenvalue weighted by Gasteiger charge is -2.33. The third kappa shape index (κ3) is 7.63. The van der Waals surface area contributed by atoms with E-state index in [1.54, 1.807) is 42.5 Å². The highest BCUT2D eigenvalue weighted by atomic mass is 32.2. The lowest BCUT2D eigenvalue weighted by molar-refractivity contribution is -0.140. The predicted octanol–water partition coefficient (Wildman–Crippen LogP) is 4.78. The topological polar surface area (TPSA) is 96.0 Å². The van der Waals surface area contributed by atoms with Crippen LogP contribution in [0.15, 0.2) is 83.8 Å². The number of sulfonamides is 1. The third-order valence-corrected chi connectivity index (χ3v) is 8.41. The van der Waals surface area contributed by atoms with Gasteiger partial charge in [0.1, 0.15) is 18.3 Å². The second kappa shape index (κ2) is 14.0. The van der Waals surface area contributed by atoms with Crippen molar-refractivity contribution in [3.8, 4) is 5.75 Å². The molecule has 1 atom stereocenters. The number of nitrogens with one attached hydrogen (secondary N) is 1. The van der Waals surface area contributed by atoms with E-state index in [-0.39, 0.29) is 29.0 Å². The fourth-order valence-electron chi connectivity index (χ4n) is 4.33. The summed E-state index contributed by atoms with van der Waals surface area (Å²) < 4.78 is 34.2. The van der Waals surface area contributed by atoms with Crippen molar-refractivity contribution in [3.63, 3.8) is 0 Å². The molecule has 0 aliphatic carbocycles. The molecule has 2 amide bonds. The van der Waals surface area contributed by atoms with E-state index in [2.05, 4.69) is 5.32 Å². The zero-order valence-corrected chi connectivity index (χ0v) is 24.6. The number of hydrogen-bond acceptors (Lipinski definition) is 5. The van der Waals surface area contributed by atoms with Gasteiger partial charge in [0, 0.05) is 19.2 Å². The molecule has 0 fully saturated rings. The van der Waals surface area contributed by atoms with E-state index in [1.807, 2.05) is 52.0 Å². The molecule has 9 heteroatoms. The molecule has 8 nitrogen and oxygen atoms in total. The summed E-state index contributed by atoms with van der Waals surface area (Å²) in [5.41, 5.74) is 2.13. The first-order valence-corrected chi connectivity index (χ1v) is 14.9. The van der Waals surface area contributed by atoms with Crippen LogP contribution < -0.4 is 14.4 Å². The summed E-state index contributed by atoms with van der Waals surface area (Å²) in [6, 6.07) is 21.4. The molecule has 1 N–H and O–H groups in total. The summed E-state index contributed by atoms with van der Waals surface area (Å²) in [5.74, 6) is -0.0647. The predicted molar refractivity (Wildman–Crippen MR) is 158 cm³/mol. The Kier molecular flexibility index (Phi) is 10.7. The van der Waals surface area contributed by atoms with Crippen LogP contribution in [0.25, 0.3) is 0 Å². The van der Waals surface area contributed by atoms with Crippen molar-refractivity contribution in [2.24, 2.45) is 5.92 Å². The molecule has 0 saturated heterocycles. The molecular formula is C31H39N3O5S. The minimum absolute atomic E-state index is 0.0535. The number of carbonyl (C=O) groups is 2. The summed E-state index contributed by atoms with van der Waals surface area (Å²) in [6.07, 6.45) is 0.367. The van der Waals surface area contributed by atoms with Crippen molar-refractivity contribution < 1.29 is 22.7 Å². The standard InChI is InChI=1S/C31H39N3O5S/c1-6-29(31(36)32-20-23(2)3)33(21-25-14-11-10-13-24(25)4)30(35)22-34(26-15-12-16-27(19-26)39-5)40(37,38)28-17-8-7-9-18-28/h7-19,23,29H,6,20-22H2,1-5H3,(H,32,36). The van der Waals surface area contributed by atoms with Crippen LogP contribution in [0, 0.1) is 12.8 Å². The smallest absolute Gasteiger partial charge is 0.264 e. The van der Waals surface area contributed by atoms with Crippen molar-refractivity contribution in [1.82, 2.24) is 10.2 Å². The molecule has 0 aliphatic heterocycles. The van der Waals surface area contributed by atoms with Crippen LogP contribution in [-0.2, 0) is 26.2 Å². The van der Waals surface area contributed by atoms with Gasteiger partial charge in [-0.05, 0) is 54.7 Å². The third-order valence-electron chi connectivity index (χ3n) is 6.62. The molecule has 3 aromatic carbocycles. The molecule has 0 radical (unpaired) electrons. The van der Waals surface area contributed by atoms with Crippen molar-refractivity contribution >= 4 is 27.5 Å². The Morgan fingerprint density at radius 2 is 1.62 bits per heavy atom. The number of carbonyl (C=O) groups excluding carboxylic acids is 2. The minimum Gasteiger partial charge on any atom is -0.497 e. The van der Waals surface area contributed by atoms with E-state index >= 15 is 0 Å². The number of amides is 2. The normalized spacial score (nSPS) is 12.1. The molecule has 0 aromatic heterocycles. The summed E-state index contributed by atoms with van der Waals surface area (Å²) in [4.78, 5) is 29.0. The molecule has 0 heterocycles. The molecule has 40 heavy (non-hydrogen) atoms. The molecule has 0 bridgehead atoms. The fraction of sp³-hybridized carbons (Fsp3) is 0.355. The quantitative estimate of drug-likeness (QED) is 0.322. The Morgan fingerprint density at radius 1 is 0.950 bits per heavy atom. The zero-order valence-electron chi connectivity index (χ0n) is 23.8. The van der Waals surface area contributed by atoms with Gasteiger partial charge in [-0.1, -0.05) is 69.3 Å². The lowest BCUT2D eigenvalue weighted by atomic mass is 10.1. The van der Waals surface area contributed by atoms with E-state index in [9.17, 15) is 18.0 Å². The van der Waals surface area contributed by atoms with Gasteiger partial charge in [-0.15, -0.1) is 0 Å². The molecule has 1 unspecified atom stereocenters. The van der Waals surface area contributed by atoms with Gasteiger partial charge in [-0.25, -0.2) is 8.42 Å². The Morgan fingerprint density at radius 3 is 2.25 bits per heavy atom. The largest absolute Gasteiger partial charge is 0.497 e. The van der Waals surface area contributed by atoms with Crippen LogP contribution in [0.1, 0.15) is 38.3 Å². The highest BCUT2D eigenvalue weighted by Crippen LogP contribution is 2.28. The second-order valence-electron chi connectivity index (χ2n) is 10.0. The van der Waals surface area contributed by atoms with Gasteiger partial charge in [0.2, 0.25) is 11.8 Å². The fourth-order valence-corrected chi connectivity index (χ4v) is 5.75. The average Bonchev–Trinajstić information content (AvgIpc) is 2.95. The maximum Gasteiger partial charge on any atom is 0.264 e. The van der Waals surface area contributed by atoms with Crippen molar-refractivity contribution in [1.29, 1.82) is 0 Å². The van der Waals surface area contributed by atoms with Crippen molar-refractivity contribution in [3.05, 3.63) is 90.0 Å². The molecule has 3 aromatic rings. The van der Waals surface area contributed by atoms with Gasteiger partial charge in [-0.2, -0.15) is 0 Å². The molecule has 3 rings (SSSR count). The number of rotatable bonds is 13. The summed E-state index contributed by atoms with van der Waals surface area (Å²) in [7, 11) is -2.64. The van der Waals surface area contributed by atoms with Gasteiger partial charge < -0.3 is 15.0 Å². The highest BCUT2D eigenvalue weighted by molar-refractivity contribution is 7.92. The van der Waals surface area contributed by atoms with Crippen LogP contribution in [-0.4, -0.2) is 51.4 Å². The van der Waals surface area contributed by atoms with E-state index in [4.69, 9.17) is 4.74 Å². The Bertz CT molecular complexity index is 1390. The number of benzene rings is 3. The molecule has 0 aliphatic rings.